The maximum absolute atomic E-state index is 5.89. The maximum atomic E-state index is 5.89. The van der Waals surface area contributed by atoms with E-state index in [2.05, 4.69) is 4.99 Å². The molecule has 0 unspecified atom stereocenters. The minimum absolute atomic E-state index is 0.191. The van der Waals surface area contributed by atoms with Gasteiger partial charge in [0, 0.05) is 6.04 Å². The minimum Gasteiger partial charge on any atom is -0.496 e. The summed E-state index contributed by atoms with van der Waals surface area (Å²) in [6, 6.07) is 6.09. The van der Waals surface area contributed by atoms with Crippen molar-refractivity contribution in [3.63, 3.8) is 0 Å². The fourth-order valence-electron chi connectivity index (χ4n) is 1.36. The molecule has 0 bridgehead atoms. The van der Waals surface area contributed by atoms with E-state index < -0.39 is 0 Å². The highest BCUT2D eigenvalue weighted by atomic mass is 16.5. The van der Waals surface area contributed by atoms with Crippen molar-refractivity contribution in [2.24, 2.45) is 10.7 Å². The summed E-state index contributed by atoms with van der Waals surface area (Å²) in [4.78, 5) is 4.30. The van der Waals surface area contributed by atoms with Crippen LogP contribution in [0.1, 0.15) is 25.0 Å². The van der Waals surface area contributed by atoms with Gasteiger partial charge in [0.2, 0.25) is 0 Å². The second kappa shape index (κ2) is 4.82. The van der Waals surface area contributed by atoms with Gasteiger partial charge in [0.1, 0.15) is 11.6 Å². The molecule has 15 heavy (non-hydrogen) atoms. The number of amidine groups is 1. The number of nitrogens with zero attached hydrogens (tertiary/aromatic N) is 1. The summed E-state index contributed by atoms with van der Waals surface area (Å²) in [6.07, 6.45) is 0. The molecule has 0 aliphatic heterocycles. The number of nitrogens with two attached hydrogens (primary N) is 1. The zero-order valence-electron chi connectivity index (χ0n) is 9.74. The molecular weight excluding hydrogens is 188 g/mol. The molecule has 3 nitrogen and oxygen atoms in total. The lowest BCUT2D eigenvalue weighted by Gasteiger charge is -2.09. The molecule has 0 fully saturated rings. The monoisotopic (exact) mass is 206 g/mol. The van der Waals surface area contributed by atoms with Crippen LogP contribution in [0.5, 0.6) is 5.75 Å². The average Bonchev–Trinajstić information content (AvgIpc) is 2.16. The third-order valence-electron chi connectivity index (χ3n) is 2.03. The van der Waals surface area contributed by atoms with Gasteiger partial charge in [-0.15, -0.1) is 0 Å². The van der Waals surface area contributed by atoms with Crippen molar-refractivity contribution in [2.45, 2.75) is 26.8 Å². The molecule has 0 amide bonds. The molecule has 0 heterocycles. The van der Waals surface area contributed by atoms with E-state index in [1.54, 1.807) is 7.11 Å². The number of aliphatic imine (C=N–C) groups is 1. The maximum Gasteiger partial charge on any atom is 0.130 e. The van der Waals surface area contributed by atoms with Crippen molar-refractivity contribution in [2.75, 3.05) is 7.11 Å². The van der Waals surface area contributed by atoms with E-state index in [4.69, 9.17) is 10.5 Å². The lowest BCUT2D eigenvalue weighted by atomic mass is 10.1. The van der Waals surface area contributed by atoms with Crippen LogP contribution in [0.3, 0.4) is 0 Å². The number of aryl methyl sites for hydroxylation is 1. The van der Waals surface area contributed by atoms with E-state index in [9.17, 15) is 0 Å². The molecule has 0 radical (unpaired) electrons. The summed E-state index contributed by atoms with van der Waals surface area (Å²) in [7, 11) is 1.64. The smallest absolute Gasteiger partial charge is 0.130 e. The number of ether oxygens (including phenoxy) is 1. The quantitative estimate of drug-likeness (QED) is 0.608. The zero-order chi connectivity index (χ0) is 11.4. The van der Waals surface area contributed by atoms with E-state index in [0.29, 0.717) is 5.84 Å². The van der Waals surface area contributed by atoms with Gasteiger partial charge in [0.15, 0.2) is 0 Å². The van der Waals surface area contributed by atoms with Gasteiger partial charge in [-0.3, -0.25) is 4.99 Å². The van der Waals surface area contributed by atoms with Crippen LogP contribution in [-0.2, 0) is 0 Å². The van der Waals surface area contributed by atoms with Crippen LogP contribution in [0, 0.1) is 6.92 Å². The summed E-state index contributed by atoms with van der Waals surface area (Å²) in [6.45, 7) is 6.00. The first-order valence-electron chi connectivity index (χ1n) is 5.03. The molecule has 82 valence electrons. The highest BCUT2D eigenvalue weighted by molar-refractivity contribution is 6.00. The van der Waals surface area contributed by atoms with Crippen molar-refractivity contribution < 1.29 is 4.74 Å². The van der Waals surface area contributed by atoms with E-state index >= 15 is 0 Å². The molecule has 0 aliphatic rings. The Balaban J connectivity index is 3.13. The average molecular weight is 206 g/mol. The SMILES string of the molecule is COc1cc(C)ccc1C(N)=NC(C)C. The first-order chi connectivity index (χ1) is 7.04. The van der Waals surface area contributed by atoms with E-state index in [-0.39, 0.29) is 6.04 Å². The Kier molecular flexibility index (Phi) is 3.72. The normalized spacial score (nSPS) is 11.9. The first kappa shape index (κ1) is 11.6. The molecule has 0 saturated heterocycles. The van der Waals surface area contributed by atoms with Crippen LogP contribution < -0.4 is 10.5 Å². The van der Waals surface area contributed by atoms with Crippen LogP contribution >= 0.6 is 0 Å². The largest absolute Gasteiger partial charge is 0.496 e. The topological polar surface area (TPSA) is 47.6 Å². The van der Waals surface area contributed by atoms with Gasteiger partial charge >= 0.3 is 0 Å². The summed E-state index contributed by atoms with van der Waals surface area (Å²) in [5, 5.41) is 0. The standard InChI is InChI=1S/C12H18N2O/c1-8(2)14-12(13)10-6-5-9(3)7-11(10)15-4/h5-8H,1-4H3,(H2,13,14). The van der Waals surface area contributed by atoms with Crippen LogP contribution in [-0.4, -0.2) is 19.0 Å². The highest BCUT2D eigenvalue weighted by Gasteiger charge is 2.07. The molecule has 1 aromatic carbocycles. The van der Waals surface area contributed by atoms with Crippen molar-refractivity contribution in [1.82, 2.24) is 0 Å². The number of benzene rings is 1. The van der Waals surface area contributed by atoms with Crippen molar-refractivity contribution in [3.8, 4) is 5.75 Å². The Morgan fingerprint density at radius 2 is 2.07 bits per heavy atom. The third-order valence-corrected chi connectivity index (χ3v) is 2.03. The Hall–Kier alpha value is -1.51. The molecule has 1 rings (SSSR count). The van der Waals surface area contributed by atoms with Gasteiger partial charge in [-0.05, 0) is 38.5 Å². The summed E-state index contributed by atoms with van der Waals surface area (Å²) in [5.74, 6) is 1.30. The second-order valence-corrected chi connectivity index (χ2v) is 3.81. The van der Waals surface area contributed by atoms with Crippen molar-refractivity contribution in [3.05, 3.63) is 29.3 Å². The number of rotatable bonds is 3. The predicted octanol–water partition coefficient (Wildman–Crippen LogP) is 2.12. The summed E-state index contributed by atoms with van der Waals surface area (Å²) < 4.78 is 5.27. The molecular formula is C12H18N2O. The molecule has 2 N–H and O–H groups in total. The fraction of sp³-hybridized carbons (Fsp3) is 0.417. The molecule has 3 heteroatoms. The third kappa shape index (κ3) is 2.98. The molecule has 0 saturated carbocycles. The summed E-state index contributed by atoms with van der Waals surface area (Å²) in [5.41, 5.74) is 7.90. The Morgan fingerprint density at radius 1 is 1.40 bits per heavy atom. The zero-order valence-corrected chi connectivity index (χ0v) is 9.74. The highest BCUT2D eigenvalue weighted by Crippen LogP contribution is 2.19. The first-order valence-corrected chi connectivity index (χ1v) is 5.03. The van der Waals surface area contributed by atoms with Crippen LogP contribution in [0.15, 0.2) is 23.2 Å². The van der Waals surface area contributed by atoms with Crippen molar-refractivity contribution in [1.29, 1.82) is 0 Å². The summed E-state index contributed by atoms with van der Waals surface area (Å²) >= 11 is 0. The van der Waals surface area contributed by atoms with Gasteiger partial charge in [0.25, 0.3) is 0 Å². The molecule has 1 aromatic rings. The second-order valence-electron chi connectivity index (χ2n) is 3.81. The van der Waals surface area contributed by atoms with Crippen molar-refractivity contribution >= 4 is 5.84 Å². The Morgan fingerprint density at radius 3 is 2.60 bits per heavy atom. The van der Waals surface area contributed by atoms with Gasteiger partial charge in [0.05, 0.1) is 12.7 Å². The van der Waals surface area contributed by atoms with Crippen LogP contribution in [0.25, 0.3) is 0 Å². The number of hydrogen-bond acceptors (Lipinski definition) is 2. The molecule has 0 aliphatic carbocycles. The number of hydrogen-bond donors (Lipinski definition) is 1. The molecule has 0 aromatic heterocycles. The Bertz CT molecular complexity index is 370. The molecule has 0 atom stereocenters. The predicted molar refractivity (Wildman–Crippen MR) is 63.6 cm³/mol. The van der Waals surface area contributed by atoms with Crippen LogP contribution in [0.4, 0.5) is 0 Å². The van der Waals surface area contributed by atoms with Crippen LogP contribution in [0.2, 0.25) is 0 Å². The number of methoxy groups -OCH3 is 1. The van der Waals surface area contributed by atoms with E-state index in [0.717, 1.165) is 16.9 Å². The van der Waals surface area contributed by atoms with Gasteiger partial charge in [-0.25, -0.2) is 0 Å². The minimum atomic E-state index is 0.191. The van der Waals surface area contributed by atoms with Gasteiger partial charge in [-0.2, -0.15) is 0 Å². The van der Waals surface area contributed by atoms with Gasteiger partial charge < -0.3 is 10.5 Å². The van der Waals surface area contributed by atoms with E-state index in [1.807, 2.05) is 39.0 Å². The van der Waals surface area contributed by atoms with E-state index in [1.165, 1.54) is 0 Å². The molecule has 0 spiro atoms. The lowest BCUT2D eigenvalue weighted by molar-refractivity contribution is 0.413. The fourth-order valence-corrected chi connectivity index (χ4v) is 1.36. The van der Waals surface area contributed by atoms with Gasteiger partial charge in [-0.1, -0.05) is 6.07 Å². The Labute approximate surface area is 91.0 Å². The lowest BCUT2D eigenvalue weighted by Crippen LogP contribution is -2.16.